The van der Waals surface area contributed by atoms with Gasteiger partial charge in [0.1, 0.15) is 0 Å². The minimum absolute atomic E-state index is 0.530. The zero-order valence-electron chi connectivity index (χ0n) is 13.1. The van der Waals surface area contributed by atoms with Crippen LogP contribution in [0.4, 0.5) is 0 Å². The Morgan fingerprint density at radius 3 is 2.55 bits per heavy atom. The molecule has 1 fully saturated rings. The summed E-state index contributed by atoms with van der Waals surface area (Å²) in [5.41, 5.74) is 1.65. The summed E-state index contributed by atoms with van der Waals surface area (Å²) < 4.78 is 0. The van der Waals surface area contributed by atoms with Crippen LogP contribution in [0.3, 0.4) is 0 Å². The lowest BCUT2D eigenvalue weighted by Crippen LogP contribution is -2.36. The topological polar surface area (TPSA) is 12.0 Å². The SMILES string of the molecule is CC(N[C@H](C)C1CCCCC1)c1cc2c(s1)CCCC2. The summed E-state index contributed by atoms with van der Waals surface area (Å²) in [4.78, 5) is 3.24. The summed E-state index contributed by atoms with van der Waals surface area (Å²) in [5, 5.41) is 3.89. The molecule has 1 nitrogen and oxygen atoms in total. The Labute approximate surface area is 128 Å². The normalized spacial score (nSPS) is 23.3. The first-order valence-electron chi connectivity index (χ1n) is 8.61. The van der Waals surface area contributed by atoms with Crippen molar-refractivity contribution in [1.82, 2.24) is 5.32 Å². The molecular formula is C18H29NS. The van der Waals surface area contributed by atoms with Crippen LogP contribution in [0.25, 0.3) is 0 Å². The Morgan fingerprint density at radius 1 is 1.05 bits per heavy atom. The van der Waals surface area contributed by atoms with Crippen molar-refractivity contribution in [3.63, 3.8) is 0 Å². The molecule has 1 aromatic rings. The van der Waals surface area contributed by atoms with Crippen LogP contribution in [0.5, 0.6) is 0 Å². The number of thiophene rings is 1. The van der Waals surface area contributed by atoms with E-state index in [-0.39, 0.29) is 0 Å². The lowest BCUT2D eigenvalue weighted by atomic mass is 9.84. The van der Waals surface area contributed by atoms with Crippen LogP contribution in [0.1, 0.15) is 80.2 Å². The second kappa shape index (κ2) is 6.62. The molecule has 112 valence electrons. The Kier molecular flexibility index (Phi) is 4.83. The Bertz CT molecular complexity index is 407. The first kappa shape index (κ1) is 14.6. The van der Waals surface area contributed by atoms with Crippen LogP contribution in [0.2, 0.25) is 0 Å². The molecule has 2 aliphatic rings. The second-order valence-corrected chi connectivity index (χ2v) is 8.05. The molecule has 1 saturated carbocycles. The third-order valence-electron chi connectivity index (χ3n) is 5.31. The van der Waals surface area contributed by atoms with Crippen molar-refractivity contribution in [3.8, 4) is 0 Å². The third-order valence-corrected chi connectivity index (χ3v) is 6.73. The zero-order valence-corrected chi connectivity index (χ0v) is 13.9. The van der Waals surface area contributed by atoms with Crippen molar-refractivity contribution in [2.45, 2.75) is 83.7 Å². The van der Waals surface area contributed by atoms with Crippen LogP contribution >= 0.6 is 11.3 Å². The van der Waals surface area contributed by atoms with Gasteiger partial charge in [-0.2, -0.15) is 0 Å². The van der Waals surface area contributed by atoms with Gasteiger partial charge in [0, 0.05) is 21.8 Å². The van der Waals surface area contributed by atoms with Gasteiger partial charge in [0.25, 0.3) is 0 Å². The van der Waals surface area contributed by atoms with Crippen molar-refractivity contribution < 1.29 is 0 Å². The molecular weight excluding hydrogens is 262 g/mol. The fourth-order valence-corrected chi connectivity index (χ4v) is 5.24. The molecule has 1 aromatic heterocycles. The van der Waals surface area contributed by atoms with Crippen LogP contribution < -0.4 is 5.32 Å². The molecule has 2 heteroatoms. The first-order valence-corrected chi connectivity index (χ1v) is 9.43. The van der Waals surface area contributed by atoms with E-state index in [1.54, 1.807) is 15.3 Å². The average Bonchev–Trinajstić information content (AvgIpc) is 2.92. The maximum atomic E-state index is 3.89. The summed E-state index contributed by atoms with van der Waals surface area (Å²) in [7, 11) is 0. The van der Waals surface area contributed by atoms with Crippen LogP contribution in [0.15, 0.2) is 6.07 Å². The molecule has 0 bridgehead atoms. The predicted octanol–water partition coefficient (Wildman–Crippen LogP) is 5.25. The van der Waals surface area contributed by atoms with Gasteiger partial charge in [-0.05, 0) is 69.9 Å². The molecule has 0 aliphatic heterocycles. The number of rotatable bonds is 4. The molecule has 3 rings (SSSR count). The Balaban J connectivity index is 1.60. The molecule has 1 unspecified atom stereocenters. The maximum Gasteiger partial charge on any atom is 0.0388 e. The van der Waals surface area contributed by atoms with Gasteiger partial charge in [-0.25, -0.2) is 0 Å². The molecule has 1 N–H and O–H groups in total. The minimum atomic E-state index is 0.530. The van der Waals surface area contributed by atoms with Crippen LogP contribution in [0, 0.1) is 5.92 Å². The molecule has 20 heavy (non-hydrogen) atoms. The molecule has 0 aromatic carbocycles. The number of fused-ring (bicyclic) bond motifs is 1. The van der Waals surface area contributed by atoms with E-state index in [4.69, 9.17) is 0 Å². The molecule has 0 radical (unpaired) electrons. The van der Waals surface area contributed by atoms with Gasteiger partial charge in [0.05, 0.1) is 0 Å². The third kappa shape index (κ3) is 3.28. The highest BCUT2D eigenvalue weighted by molar-refractivity contribution is 7.12. The molecule has 0 spiro atoms. The van der Waals surface area contributed by atoms with Gasteiger partial charge in [-0.1, -0.05) is 19.3 Å². The zero-order chi connectivity index (χ0) is 13.9. The monoisotopic (exact) mass is 291 g/mol. The van der Waals surface area contributed by atoms with E-state index in [2.05, 4.69) is 36.6 Å². The van der Waals surface area contributed by atoms with Crippen molar-refractivity contribution in [2.24, 2.45) is 5.92 Å². The number of hydrogen-bond acceptors (Lipinski definition) is 2. The Hall–Kier alpha value is -0.340. The summed E-state index contributed by atoms with van der Waals surface area (Å²) >= 11 is 2.07. The highest BCUT2D eigenvalue weighted by atomic mass is 32.1. The van der Waals surface area contributed by atoms with Gasteiger partial charge in [-0.3, -0.25) is 0 Å². The van der Waals surface area contributed by atoms with Gasteiger partial charge in [0.2, 0.25) is 0 Å². The van der Waals surface area contributed by atoms with E-state index in [1.165, 1.54) is 57.8 Å². The maximum absolute atomic E-state index is 3.89. The average molecular weight is 292 g/mol. The van der Waals surface area contributed by atoms with Crippen molar-refractivity contribution in [2.75, 3.05) is 0 Å². The van der Waals surface area contributed by atoms with E-state index in [9.17, 15) is 0 Å². The van der Waals surface area contributed by atoms with Gasteiger partial charge in [0.15, 0.2) is 0 Å². The fourth-order valence-electron chi connectivity index (χ4n) is 3.97. The largest absolute Gasteiger partial charge is 0.307 e. The van der Waals surface area contributed by atoms with E-state index in [0.29, 0.717) is 12.1 Å². The van der Waals surface area contributed by atoms with E-state index < -0.39 is 0 Å². The summed E-state index contributed by atoms with van der Waals surface area (Å²) in [5.74, 6) is 0.904. The highest BCUT2D eigenvalue weighted by Crippen LogP contribution is 2.34. The summed E-state index contributed by atoms with van der Waals surface area (Å²) in [6.45, 7) is 4.76. The van der Waals surface area contributed by atoms with Gasteiger partial charge < -0.3 is 5.32 Å². The molecule has 0 amide bonds. The van der Waals surface area contributed by atoms with E-state index >= 15 is 0 Å². The number of hydrogen-bond donors (Lipinski definition) is 1. The molecule has 1 heterocycles. The fraction of sp³-hybridized carbons (Fsp3) is 0.778. The van der Waals surface area contributed by atoms with Gasteiger partial charge in [-0.15, -0.1) is 11.3 Å². The highest BCUT2D eigenvalue weighted by Gasteiger charge is 2.23. The van der Waals surface area contributed by atoms with Crippen molar-refractivity contribution in [3.05, 3.63) is 21.4 Å². The lowest BCUT2D eigenvalue weighted by molar-refractivity contribution is 0.269. The summed E-state index contributed by atoms with van der Waals surface area (Å²) in [6, 6.07) is 3.69. The minimum Gasteiger partial charge on any atom is -0.307 e. The van der Waals surface area contributed by atoms with E-state index in [0.717, 1.165) is 5.92 Å². The van der Waals surface area contributed by atoms with Gasteiger partial charge >= 0.3 is 0 Å². The standard InChI is InChI=1S/C18H29NS/c1-13(15-8-4-3-5-9-15)19-14(2)18-12-16-10-6-7-11-17(16)20-18/h12-15,19H,3-11H2,1-2H3/t13-,14?/m1/s1. The predicted molar refractivity (Wildman–Crippen MR) is 88.5 cm³/mol. The molecule has 2 atom stereocenters. The smallest absolute Gasteiger partial charge is 0.0388 e. The van der Waals surface area contributed by atoms with Crippen molar-refractivity contribution >= 4 is 11.3 Å². The quantitative estimate of drug-likeness (QED) is 0.799. The van der Waals surface area contributed by atoms with Crippen molar-refractivity contribution in [1.29, 1.82) is 0 Å². The number of aryl methyl sites for hydroxylation is 2. The van der Waals surface area contributed by atoms with Crippen LogP contribution in [-0.2, 0) is 12.8 Å². The molecule has 0 saturated heterocycles. The van der Waals surface area contributed by atoms with Crippen LogP contribution in [-0.4, -0.2) is 6.04 Å². The number of nitrogens with one attached hydrogen (secondary N) is 1. The lowest BCUT2D eigenvalue weighted by Gasteiger charge is -2.30. The van der Waals surface area contributed by atoms with E-state index in [1.807, 2.05) is 0 Å². The first-order chi connectivity index (χ1) is 9.74. The second-order valence-electron chi connectivity index (χ2n) is 6.88. The summed E-state index contributed by atoms with van der Waals surface area (Å²) in [6.07, 6.45) is 12.6. The Morgan fingerprint density at radius 2 is 1.80 bits per heavy atom. The molecule has 2 aliphatic carbocycles.